The Morgan fingerprint density at radius 1 is 1.23 bits per heavy atom. The normalized spacial score (nSPS) is 12.6. The van der Waals surface area contributed by atoms with Gasteiger partial charge in [0.2, 0.25) is 15.9 Å². The van der Waals surface area contributed by atoms with Crippen LogP contribution < -0.4 is 10.0 Å². The molecule has 9 heteroatoms. The second-order valence-electron chi connectivity index (χ2n) is 5.38. The van der Waals surface area contributed by atoms with Gasteiger partial charge in [0.05, 0.1) is 10.6 Å². The zero-order chi connectivity index (χ0) is 19.2. The summed E-state index contributed by atoms with van der Waals surface area (Å²) in [6.07, 6.45) is 2.10. The lowest BCUT2D eigenvalue weighted by molar-refractivity contribution is -0.117. The first-order valence-electron chi connectivity index (χ1n) is 7.65. The van der Waals surface area contributed by atoms with Crippen molar-refractivity contribution in [2.24, 2.45) is 0 Å². The minimum Gasteiger partial charge on any atom is -0.322 e. The molecule has 0 aliphatic heterocycles. The Balaban J connectivity index is 2.19. The van der Waals surface area contributed by atoms with Crippen molar-refractivity contribution in [1.29, 1.82) is 0 Å². The maximum absolute atomic E-state index is 13.9. The molecule has 0 fully saturated rings. The Hall–Kier alpha value is -1.61. The van der Waals surface area contributed by atoms with E-state index in [1.54, 1.807) is 18.2 Å². The lowest BCUT2D eigenvalue weighted by Crippen LogP contribution is -2.44. The largest absolute Gasteiger partial charge is 0.322 e. The number of rotatable bonds is 8. The molecule has 140 valence electrons. The molecule has 0 bridgehead atoms. The summed E-state index contributed by atoms with van der Waals surface area (Å²) in [7, 11) is -3.88. The van der Waals surface area contributed by atoms with E-state index in [1.807, 2.05) is 6.26 Å². The number of carbonyl (C=O) groups excluding carboxylic acids is 1. The predicted octanol–water partition coefficient (Wildman–Crippen LogP) is 3.52. The lowest BCUT2D eigenvalue weighted by atomic mass is 10.2. The smallest absolute Gasteiger partial charge is 0.242 e. The van der Waals surface area contributed by atoms with Crippen molar-refractivity contribution in [3.63, 3.8) is 0 Å². The molecule has 0 heterocycles. The summed E-state index contributed by atoms with van der Waals surface area (Å²) in [5, 5.41) is 2.61. The molecule has 0 spiro atoms. The topological polar surface area (TPSA) is 75.3 Å². The van der Waals surface area contributed by atoms with Crippen LogP contribution in [-0.4, -0.2) is 32.4 Å². The van der Waals surface area contributed by atoms with Crippen molar-refractivity contribution in [1.82, 2.24) is 4.72 Å². The molecule has 0 aliphatic rings. The summed E-state index contributed by atoms with van der Waals surface area (Å²) >= 11 is 7.17. The van der Waals surface area contributed by atoms with Gasteiger partial charge in [-0.3, -0.25) is 4.79 Å². The lowest BCUT2D eigenvalue weighted by Gasteiger charge is -2.18. The summed E-state index contributed by atoms with van der Waals surface area (Å²) in [6, 6.07) is 10.5. The van der Waals surface area contributed by atoms with Crippen LogP contribution in [0.15, 0.2) is 53.4 Å². The Bertz CT molecular complexity index is 864. The Labute approximate surface area is 161 Å². The maximum atomic E-state index is 13.9. The molecule has 1 amide bonds. The van der Waals surface area contributed by atoms with Gasteiger partial charge in [-0.05, 0) is 48.8 Å². The highest BCUT2D eigenvalue weighted by Crippen LogP contribution is 2.20. The fourth-order valence-electron chi connectivity index (χ4n) is 2.14. The minimum atomic E-state index is -3.88. The number of anilines is 1. The average Bonchev–Trinajstić information content (AvgIpc) is 2.61. The van der Waals surface area contributed by atoms with E-state index in [9.17, 15) is 17.6 Å². The van der Waals surface area contributed by atoms with Gasteiger partial charge >= 0.3 is 0 Å². The van der Waals surface area contributed by atoms with Gasteiger partial charge in [0, 0.05) is 5.02 Å². The van der Waals surface area contributed by atoms with Gasteiger partial charge in [-0.25, -0.2) is 12.8 Å². The third kappa shape index (κ3) is 5.70. The van der Waals surface area contributed by atoms with Gasteiger partial charge < -0.3 is 5.32 Å². The molecular formula is C17H18ClFN2O3S2. The Morgan fingerprint density at radius 3 is 2.54 bits per heavy atom. The minimum absolute atomic E-state index is 0.0552. The number of benzene rings is 2. The molecule has 2 N–H and O–H groups in total. The molecule has 0 saturated carbocycles. The van der Waals surface area contributed by atoms with E-state index in [2.05, 4.69) is 10.0 Å². The molecular weight excluding hydrogens is 399 g/mol. The van der Waals surface area contributed by atoms with Gasteiger partial charge in [0.15, 0.2) is 0 Å². The number of thioether (sulfide) groups is 1. The van der Waals surface area contributed by atoms with Crippen LogP contribution in [0.5, 0.6) is 0 Å². The van der Waals surface area contributed by atoms with E-state index in [-0.39, 0.29) is 22.0 Å². The quantitative estimate of drug-likeness (QED) is 0.690. The monoisotopic (exact) mass is 416 g/mol. The highest BCUT2D eigenvalue weighted by Gasteiger charge is 2.26. The SMILES string of the molecule is CSCC[C@@H](NS(=O)(=O)c1ccccc1)C(=O)Nc1ccc(Cl)cc1F. The fraction of sp³-hybridized carbons (Fsp3) is 0.235. The molecule has 5 nitrogen and oxygen atoms in total. The van der Waals surface area contributed by atoms with Crippen LogP contribution in [0.4, 0.5) is 10.1 Å². The van der Waals surface area contributed by atoms with Crippen LogP contribution in [0.3, 0.4) is 0 Å². The number of halogens is 2. The maximum Gasteiger partial charge on any atom is 0.242 e. The first kappa shape index (κ1) is 20.7. The van der Waals surface area contributed by atoms with Crippen LogP contribution in [0.25, 0.3) is 0 Å². The molecule has 0 unspecified atom stereocenters. The van der Waals surface area contributed by atoms with E-state index in [0.717, 1.165) is 6.07 Å². The highest BCUT2D eigenvalue weighted by molar-refractivity contribution is 7.98. The van der Waals surface area contributed by atoms with E-state index >= 15 is 0 Å². The van der Waals surface area contributed by atoms with Gasteiger partial charge in [-0.15, -0.1) is 0 Å². The zero-order valence-electron chi connectivity index (χ0n) is 13.9. The third-order valence-electron chi connectivity index (χ3n) is 3.47. The molecule has 2 aromatic carbocycles. The van der Waals surface area contributed by atoms with E-state index in [4.69, 9.17) is 11.6 Å². The average molecular weight is 417 g/mol. The van der Waals surface area contributed by atoms with Crippen LogP contribution in [-0.2, 0) is 14.8 Å². The van der Waals surface area contributed by atoms with Crippen LogP contribution >= 0.6 is 23.4 Å². The molecule has 0 radical (unpaired) electrons. The number of amides is 1. The highest BCUT2D eigenvalue weighted by atomic mass is 35.5. The molecule has 0 aromatic heterocycles. The summed E-state index contributed by atoms with van der Waals surface area (Å²) in [5.41, 5.74) is -0.0625. The Morgan fingerprint density at radius 2 is 1.92 bits per heavy atom. The molecule has 0 saturated heterocycles. The zero-order valence-corrected chi connectivity index (χ0v) is 16.3. The van der Waals surface area contributed by atoms with Crippen molar-refractivity contribution in [2.45, 2.75) is 17.4 Å². The number of hydrogen-bond acceptors (Lipinski definition) is 4. The number of carbonyl (C=O) groups is 1. The number of sulfonamides is 1. The standard InChI is InChI=1S/C17H18ClFN2O3S2/c1-25-10-9-16(21-26(23,24)13-5-3-2-4-6-13)17(22)20-15-8-7-12(18)11-14(15)19/h2-8,11,16,21H,9-10H2,1H3,(H,20,22)/t16-/m1/s1. The van der Waals surface area contributed by atoms with Crippen LogP contribution in [0.1, 0.15) is 6.42 Å². The molecule has 2 rings (SSSR count). The van der Waals surface area contributed by atoms with E-state index in [1.165, 1.54) is 36.0 Å². The number of nitrogens with one attached hydrogen (secondary N) is 2. The number of hydrogen-bond donors (Lipinski definition) is 2. The third-order valence-corrected chi connectivity index (χ3v) is 5.83. The Kier molecular flexibility index (Phi) is 7.45. The van der Waals surface area contributed by atoms with Crippen molar-refractivity contribution in [3.05, 3.63) is 59.4 Å². The molecule has 0 aliphatic carbocycles. The first-order chi connectivity index (χ1) is 12.3. The van der Waals surface area contributed by atoms with E-state index < -0.39 is 27.8 Å². The molecule has 26 heavy (non-hydrogen) atoms. The first-order valence-corrected chi connectivity index (χ1v) is 10.9. The molecule has 1 atom stereocenters. The van der Waals surface area contributed by atoms with Crippen LogP contribution in [0.2, 0.25) is 5.02 Å². The summed E-state index contributed by atoms with van der Waals surface area (Å²) in [4.78, 5) is 12.6. The van der Waals surface area contributed by atoms with Gasteiger partial charge in [0.1, 0.15) is 11.9 Å². The predicted molar refractivity (Wildman–Crippen MR) is 104 cm³/mol. The summed E-state index contributed by atoms with van der Waals surface area (Å²) < 4.78 is 41.3. The fourth-order valence-corrected chi connectivity index (χ4v) is 4.03. The van der Waals surface area contributed by atoms with Crippen molar-refractivity contribution < 1.29 is 17.6 Å². The van der Waals surface area contributed by atoms with Crippen LogP contribution in [0, 0.1) is 5.82 Å². The second-order valence-corrected chi connectivity index (χ2v) is 8.52. The van der Waals surface area contributed by atoms with E-state index in [0.29, 0.717) is 5.75 Å². The van der Waals surface area contributed by atoms with Gasteiger partial charge in [0.25, 0.3) is 0 Å². The van der Waals surface area contributed by atoms with Crippen molar-refractivity contribution in [3.8, 4) is 0 Å². The van der Waals surface area contributed by atoms with Gasteiger partial charge in [-0.2, -0.15) is 16.5 Å². The van der Waals surface area contributed by atoms with Gasteiger partial charge in [-0.1, -0.05) is 29.8 Å². The summed E-state index contributed by atoms with van der Waals surface area (Å²) in [6.45, 7) is 0. The second kappa shape index (κ2) is 9.36. The molecule has 2 aromatic rings. The van der Waals surface area contributed by atoms with Crippen molar-refractivity contribution in [2.75, 3.05) is 17.3 Å². The summed E-state index contributed by atoms with van der Waals surface area (Å²) in [5.74, 6) is -0.779. The van der Waals surface area contributed by atoms with Crippen molar-refractivity contribution >= 4 is 45.0 Å².